The normalized spacial score (nSPS) is 14.2. The molecular weight excluding hydrogens is 172 g/mol. The third-order valence-electron chi connectivity index (χ3n) is 2.25. The summed E-state index contributed by atoms with van der Waals surface area (Å²) in [7, 11) is 0. The molecule has 0 aliphatic rings. The van der Waals surface area contributed by atoms with Crippen LogP contribution in [0.5, 0.6) is 0 Å². The fraction of sp³-hybridized carbons (Fsp3) is 0.538. The molecule has 0 spiro atoms. The van der Waals surface area contributed by atoms with Crippen LogP contribution in [-0.2, 0) is 0 Å². The molecule has 0 fully saturated rings. The zero-order valence-corrected chi connectivity index (χ0v) is 9.80. The molecule has 0 atom stereocenters. The van der Waals surface area contributed by atoms with Crippen molar-refractivity contribution in [2.75, 3.05) is 0 Å². The fourth-order valence-corrected chi connectivity index (χ4v) is 1.21. The largest absolute Gasteiger partial charge is 0.512 e. The molecule has 1 N–H and O–H groups in total. The predicted molar refractivity (Wildman–Crippen MR) is 63.4 cm³/mol. The zero-order valence-electron chi connectivity index (χ0n) is 9.80. The van der Waals surface area contributed by atoms with Gasteiger partial charge in [-0.3, -0.25) is 0 Å². The van der Waals surface area contributed by atoms with Gasteiger partial charge in [0.1, 0.15) is 0 Å². The van der Waals surface area contributed by atoms with Gasteiger partial charge in [-0.15, -0.1) is 6.58 Å². The van der Waals surface area contributed by atoms with E-state index in [1.165, 1.54) is 5.57 Å². The van der Waals surface area contributed by atoms with Crippen LogP contribution in [0, 0.1) is 5.92 Å². The van der Waals surface area contributed by atoms with E-state index < -0.39 is 0 Å². The summed E-state index contributed by atoms with van der Waals surface area (Å²) in [5.74, 6) is 0.805. The first-order valence-corrected chi connectivity index (χ1v) is 5.23. The summed E-state index contributed by atoms with van der Waals surface area (Å²) in [5, 5.41) is 9.79. The average molecular weight is 194 g/mol. The summed E-state index contributed by atoms with van der Waals surface area (Å²) in [4.78, 5) is 0. The first-order chi connectivity index (χ1) is 6.52. The van der Waals surface area contributed by atoms with Crippen LogP contribution in [0.1, 0.15) is 40.5 Å². The highest BCUT2D eigenvalue weighted by Gasteiger charge is 2.06. The highest BCUT2D eigenvalue weighted by molar-refractivity contribution is 5.27. The Morgan fingerprint density at radius 2 is 2.00 bits per heavy atom. The van der Waals surface area contributed by atoms with E-state index in [2.05, 4.69) is 40.3 Å². The molecule has 1 nitrogen and oxygen atoms in total. The first-order valence-electron chi connectivity index (χ1n) is 5.23. The van der Waals surface area contributed by atoms with Crippen molar-refractivity contribution in [2.45, 2.75) is 40.5 Å². The summed E-state index contributed by atoms with van der Waals surface area (Å²) < 4.78 is 0. The van der Waals surface area contributed by atoms with E-state index in [1.807, 2.05) is 0 Å². The number of hydrogen-bond donors (Lipinski definition) is 1. The van der Waals surface area contributed by atoms with Gasteiger partial charge in [0, 0.05) is 6.42 Å². The van der Waals surface area contributed by atoms with E-state index in [1.54, 1.807) is 6.08 Å². The van der Waals surface area contributed by atoms with Crippen LogP contribution in [0.3, 0.4) is 0 Å². The minimum atomic E-state index is 0.358. The SMILES string of the molecule is C=CC/C(O)=C(\C=C(\C)CC)C(C)C. The number of aliphatic hydroxyl groups excluding tert-OH is 1. The van der Waals surface area contributed by atoms with Crippen molar-refractivity contribution in [3.05, 3.63) is 35.6 Å². The van der Waals surface area contributed by atoms with Crippen LogP contribution in [0.2, 0.25) is 0 Å². The monoisotopic (exact) mass is 194 g/mol. The van der Waals surface area contributed by atoms with Gasteiger partial charge in [0.05, 0.1) is 5.76 Å². The summed E-state index contributed by atoms with van der Waals surface area (Å²) in [6, 6.07) is 0. The lowest BCUT2D eigenvalue weighted by molar-refractivity contribution is 0.389. The number of aliphatic hydroxyl groups is 1. The lowest BCUT2D eigenvalue weighted by atomic mass is 9.97. The lowest BCUT2D eigenvalue weighted by Gasteiger charge is -2.10. The molecule has 0 unspecified atom stereocenters. The van der Waals surface area contributed by atoms with Crippen molar-refractivity contribution in [1.29, 1.82) is 0 Å². The minimum Gasteiger partial charge on any atom is -0.512 e. The zero-order chi connectivity index (χ0) is 11.1. The van der Waals surface area contributed by atoms with Crippen molar-refractivity contribution in [1.82, 2.24) is 0 Å². The highest BCUT2D eigenvalue weighted by Crippen LogP contribution is 2.19. The van der Waals surface area contributed by atoms with Gasteiger partial charge in [0.25, 0.3) is 0 Å². The summed E-state index contributed by atoms with van der Waals surface area (Å²) in [6.07, 6.45) is 5.40. The smallest absolute Gasteiger partial charge is 0.0994 e. The highest BCUT2D eigenvalue weighted by atomic mass is 16.3. The molecule has 1 heteroatoms. The number of rotatable bonds is 5. The second-order valence-electron chi connectivity index (χ2n) is 3.89. The molecule has 0 aliphatic carbocycles. The van der Waals surface area contributed by atoms with Gasteiger partial charge in [-0.05, 0) is 24.8 Å². The van der Waals surface area contributed by atoms with E-state index in [9.17, 15) is 5.11 Å². The second-order valence-corrected chi connectivity index (χ2v) is 3.89. The van der Waals surface area contributed by atoms with Crippen LogP contribution in [0.4, 0.5) is 0 Å². The molecule has 0 saturated carbocycles. The van der Waals surface area contributed by atoms with Crippen molar-refractivity contribution in [3.63, 3.8) is 0 Å². The van der Waals surface area contributed by atoms with Crippen LogP contribution < -0.4 is 0 Å². The van der Waals surface area contributed by atoms with E-state index in [4.69, 9.17) is 0 Å². The molecule has 0 rings (SSSR count). The maximum Gasteiger partial charge on any atom is 0.0994 e. The molecule has 80 valence electrons. The maximum absolute atomic E-state index is 9.79. The molecule has 0 aromatic carbocycles. The third kappa shape index (κ3) is 4.31. The van der Waals surface area contributed by atoms with Crippen LogP contribution in [-0.4, -0.2) is 5.11 Å². The lowest BCUT2D eigenvalue weighted by Crippen LogP contribution is -1.97. The number of allylic oxidation sites excluding steroid dienone is 4. The Kier molecular flexibility index (Phi) is 6.02. The Morgan fingerprint density at radius 1 is 1.43 bits per heavy atom. The minimum absolute atomic E-state index is 0.358. The quantitative estimate of drug-likeness (QED) is 0.391. The Morgan fingerprint density at radius 3 is 2.36 bits per heavy atom. The standard InChI is InChI=1S/C13H22O/c1-6-8-13(14)12(10(3)4)9-11(5)7-2/h6,9-10,14H,1,7-8H2,2-5H3/b11-9-,13-12-. The molecular formula is C13H22O. The van der Waals surface area contributed by atoms with Gasteiger partial charge in [0.2, 0.25) is 0 Å². The van der Waals surface area contributed by atoms with E-state index >= 15 is 0 Å². The van der Waals surface area contributed by atoms with Gasteiger partial charge in [-0.2, -0.15) is 0 Å². The van der Waals surface area contributed by atoms with E-state index in [0.717, 1.165) is 12.0 Å². The molecule has 0 aromatic heterocycles. The Labute approximate surface area is 87.8 Å². The van der Waals surface area contributed by atoms with Crippen LogP contribution in [0.25, 0.3) is 0 Å². The summed E-state index contributed by atoms with van der Waals surface area (Å²) in [5.41, 5.74) is 2.33. The van der Waals surface area contributed by atoms with Crippen LogP contribution in [0.15, 0.2) is 35.6 Å². The van der Waals surface area contributed by atoms with Crippen LogP contribution >= 0.6 is 0 Å². The van der Waals surface area contributed by atoms with Crippen molar-refractivity contribution < 1.29 is 5.11 Å². The Bertz CT molecular complexity index is 244. The number of hydrogen-bond acceptors (Lipinski definition) is 1. The molecule has 0 radical (unpaired) electrons. The predicted octanol–water partition coefficient (Wildman–Crippen LogP) is 4.39. The molecule has 14 heavy (non-hydrogen) atoms. The van der Waals surface area contributed by atoms with Gasteiger partial charge in [-0.1, -0.05) is 38.5 Å². The molecule has 0 aliphatic heterocycles. The molecule has 0 amide bonds. The van der Waals surface area contributed by atoms with E-state index in [-0.39, 0.29) is 0 Å². The van der Waals surface area contributed by atoms with Gasteiger partial charge < -0.3 is 5.11 Å². The second kappa shape index (κ2) is 6.47. The van der Waals surface area contributed by atoms with Gasteiger partial charge in [0.15, 0.2) is 0 Å². The van der Waals surface area contributed by atoms with Crippen molar-refractivity contribution >= 4 is 0 Å². The Balaban J connectivity index is 4.93. The van der Waals surface area contributed by atoms with Gasteiger partial charge in [-0.25, -0.2) is 0 Å². The molecule has 0 aromatic rings. The fourth-order valence-electron chi connectivity index (χ4n) is 1.21. The summed E-state index contributed by atoms with van der Waals surface area (Å²) in [6.45, 7) is 12.0. The van der Waals surface area contributed by atoms with Gasteiger partial charge >= 0.3 is 0 Å². The Hall–Kier alpha value is -0.980. The third-order valence-corrected chi connectivity index (χ3v) is 2.25. The molecule has 0 heterocycles. The average Bonchev–Trinajstić information content (AvgIpc) is 2.13. The molecule has 0 saturated heterocycles. The van der Waals surface area contributed by atoms with Crippen molar-refractivity contribution in [3.8, 4) is 0 Å². The van der Waals surface area contributed by atoms with E-state index in [0.29, 0.717) is 18.1 Å². The maximum atomic E-state index is 9.79. The van der Waals surface area contributed by atoms with Crippen molar-refractivity contribution in [2.24, 2.45) is 5.92 Å². The summed E-state index contributed by atoms with van der Waals surface area (Å²) >= 11 is 0. The molecule has 0 bridgehead atoms. The topological polar surface area (TPSA) is 20.2 Å². The first kappa shape index (κ1) is 13.0.